The number of anilines is 1. The van der Waals surface area contributed by atoms with E-state index in [2.05, 4.69) is 4.90 Å². The molecule has 1 fully saturated rings. The second-order valence-corrected chi connectivity index (χ2v) is 8.79. The number of hydrogen-bond donors (Lipinski definition) is 0. The quantitative estimate of drug-likeness (QED) is 0.547. The highest BCUT2D eigenvalue weighted by Gasteiger charge is 2.35. The number of rotatable bonds is 4. The summed E-state index contributed by atoms with van der Waals surface area (Å²) in [5, 5.41) is 0. The summed E-state index contributed by atoms with van der Waals surface area (Å²) in [4.78, 5) is 40.7. The lowest BCUT2D eigenvalue weighted by molar-refractivity contribution is -0.146. The molecule has 0 bridgehead atoms. The molecule has 1 aliphatic rings. The van der Waals surface area contributed by atoms with E-state index >= 15 is 0 Å². The van der Waals surface area contributed by atoms with Crippen molar-refractivity contribution in [3.05, 3.63) is 29.3 Å². The minimum absolute atomic E-state index is 0.319. The van der Waals surface area contributed by atoms with Crippen LogP contribution in [-0.2, 0) is 24.4 Å². The van der Waals surface area contributed by atoms with E-state index in [9.17, 15) is 14.4 Å². The molecular formula is C22H32N2O6. The predicted octanol–water partition coefficient (Wildman–Crippen LogP) is 2.98. The van der Waals surface area contributed by atoms with Crippen molar-refractivity contribution < 1.29 is 28.6 Å². The van der Waals surface area contributed by atoms with Gasteiger partial charge in [-0.1, -0.05) is 6.07 Å². The first-order valence-electron chi connectivity index (χ1n) is 9.95. The molecule has 8 heteroatoms. The van der Waals surface area contributed by atoms with E-state index in [-0.39, 0.29) is 6.09 Å². The molecule has 1 heterocycles. The first-order chi connectivity index (χ1) is 13.9. The lowest BCUT2D eigenvalue weighted by atomic mass is 9.81. The Morgan fingerprint density at radius 1 is 0.900 bits per heavy atom. The van der Waals surface area contributed by atoms with E-state index in [0.717, 1.165) is 5.69 Å². The van der Waals surface area contributed by atoms with Gasteiger partial charge in [-0.25, -0.2) is 9.59 Å². The second kappa shape index (κ2) is 8.93. The van der Waals surface area contributed by atoms with E-state index in [1.54, 1.807) is 30.9 Å². The Labute approximate surface area is 178 Å². The number of ether oxygens (including phenoxy) is 3. The van der Waals surface area contributed by atoms with Crippen molar-refractivity contribution in [2.75, 3.05) is 45.3 Å². The lowest BCUT2D eigenvalue weighted by Crippen LogP contribution is -2.50. The summed E-state index contributed by atoms with van der Waals surface area (Å²) in [5.74, 6) is -0.956. The Hall–Kier alpha value is -2.77. The fourth-order valence-electron chi connectivity index (χ4n) is 3.39. The van der Waals surface area contributed by atoms with Crippen LogP contribution < -0.4 is 4.90 Å². The molecule has 8 nitrogen and oxygen atoms in total. The minimum atomic E-state index is -1.01. The molecule has 1 saturated heterocycles. The molecule has 1 aromatic carbocycles. The lowest BCUT2D eigenvalue weighted by Gasteiger charge is -2.37. The summed E-state index contributed by atoms with van der Waals surface area (Å²) < 4.78 is 15.3. The van der Waals surface area contributed by atoms with Crippen LogP contribution in [0.2, 0.25) is 0 Å². The van der Waals surface area contributed by atoms with Gasteiger partial charge in [-0.2, -0.15) is 0 Å². The number of benzene rings is 1. The number of methoxy groups -OCH3 is 2. The van der Waals surface area contributed by atoms with Gasteiger partial charge in [-0.15, -0.1) is 0 Å². The summed E-state index contributed by atoms with van der Waals surface area (Å²) >= 11 is 0. The number of carbonyl (C=O) groups is 3. The van der Waals surface area contributed by atoms with Gasteiger partial charge in [-0.05, 0) is 52.3 Å². The van der Waals surface area contributed by atoms with Crippen LogP contribution in [0.15, 0.2) is 18.2 Å². The SMILES string of the molecule is COC(=O)c1cc(N2CCN(C(=O)OC(C)(C)C)CC2)ccc1C(C)(C)C(=O)OC. The summed E-state index contributed by atoms with van der Waals surface area (Å²) in [6, 6.07) is 5.36. The number of hydrogen-bond acceptors (Lipinski definition) is 7. The van der Waals surface area contributed by atoms with Gasteiger partial charge in [0.15, 0.2) is 0 Å². The van der Waals surface area contributed by atoms with Gasteiger partial charge in [0.05, 0.1) is 25.2 Å². The number of nitrogens with zero attached hydrogens (tertiary/aromatic N) is 2. The fraction of sp³-hybridized carbons (Fsp3) is 0.591. The van der Waals surface area contributed by atoms with Crippen LogP contribution in [0.1, 0.15) is 50.5 Å². The van der Waals surface area contributed by atoms with Gasteiger partial charge < -0.3 is 24.0 Å². The molecule has 0 spiro atoms. The van der Waals surface area contributed by atoms with Crippen LogP contribution in [0.25, 0.3) is 0 Å². The summed E-state index contributed by atoms with van der Waals surface area (Å²) in [6.07, 6.45) is -0.326. The van der Waals surface area contributed by atoms with Crippen molar-refractivity contribution in [2.24, 2.45) is 0 Å². The van der Waals surface area contributed by atoms with Crippen LogP contribution in [0.4, 0.5) is 10.5 Å². The Morgan fingerprint density at radius 3 is 2.00 bits per heavy atom. The molecule has 1 aliphatic heterocycles. The van der Waals surface area contributed by atoms with Crippen molar-refractivity contribution >= 4 is 23.7 Å². The van der Waals surface area contributed by atoms with Gasteiger partial charge >= 0.3 is 18.0 Å². The highest BCUT2D eigenvalue weighted by atomic mass is 16.6. The first kappa shape index (κ1) is 23.5. The normalized spacial score (nSPS) is 14.9. The molecule has 166 valence electrons. The number of esters is 2. The smallest absolute Gasteiger partial charge is 0.410 e. The molecule has 30 heavy (non-hydrogen) atoms. The number of piperazine rings is 1. The fourth-order valence-corrected chi connectivity index (χ4v) is 3.39. The molecule has 1 amide bonds. The zero-order valence-electron chi connectivity index (χ0n) is 18.9. The van der Waals surface area contributed by atoms with Crippen molar-refractivity contribution in [1.29, 1.82) is 0 Å². The maximum Gasteiger partial charge on any atom is 0.410 e. The van der Waals surface area contributed by atoms with Gasteiger partial charge in [0.25, 0.3) is 0 Å². The first-order valence-corrected chi connectivity index (χ1v) is 9.95. The maximum absolute atomic E-state index is 12.4. The Bertz CT molecular complexity index is 804. The molecule has 0 saturated carbocycles. The van der Waals surface area contributed by atoms with E-state index in [0.29, 0.717) is 37.3 Å². The van der Waals surface area contributed by atoms with Gasteiger partial charge in [0.1, 0.15) is 5.60 Å². The Balaban J connectivity index is 2.23. The second-order valence-electron chi connectivity index (χ2n) is 8.79. The molecule has 0 aliphatic carbocycles. The number of amides is 1. The molecule has 0 aromatic heterocycles. The van der Waals surface area contributed by atoms with Crippen molar-refractivity contribution in [3.63, 3.8) is 0 Å². The largest absolute Gasteiger partial charge is 0.468 e. The summed E-state index contributed by atoms with van der Waals surface area (Å²) in [6.45, 7) is 11.2. The maximum atomic E-state index is 12.4. The molecule has 2 rings (SSSR count). The van der Waals surface area contributed by atoms with Crippen molar-refractivity contribution in [2.45, 2.75) is 45.6 Å². The van der Waals surface area contributed by atoms with Crippen molar-refractivity contribution in [3.8, 4) is 0 Å². The zero-order valence-corrected chi connectivity index (χ0v) is 18.9. The third-order valence-corrected chi connectivity index (χ3v) is 5.07. The third kappa shape index (κ3) is 5.23. The van der Waals surface area contributed by atoms with Crippen LogP contribution in [0.3, 0.4) is 0 Å². The Kier molecular flexibility index (Phi) is 7.00. The topological polar surface area (TPSA) is 85.4 Å². The average molecular weight is 421 g/mol. The molecule has 0 radical (unpaired) electrons. The molecule has 0 unspecified atom stereocenters. The molecule has 0 atom stereocenters. The predicted molar refractivity (Wildman–Crippen MR) is 113 cm³/mol. The Morgan fingerprint density at radius 2 is 1.50 bits per heavy atom. The highest BCUT2D eigenvalue weighted by Crippen LogP contribution is 2.32. The van der Waals surface area contributed by atoms with E-state index in [1.165, 1.54) is 14.2 Å². The number of carbonyl (C=O) groups excluding carboxylic acids is 3. The minimum Gasteiger partial charge on any atom is -0.468 e. The monoisotopic (exact) mass is 420 g/mol. The highest BCUT2D eigenvalue weighted by molar-refractivity contribution is 5.96. The van der Waals surface area contributed by atoms with Crippen LogP contribution >= 0.6 is 0 Å². The van der Waals surface area contributed by atoms with Crippen LogP contribution in [-0.4, -0.2) is 68.9 Å². The van der Waals surface area contributed by atoms with Gasteiger partial charge in [0, 0.05) is 31.9 Å². The van der Waals surface area contributed by atoms with Crippen LogP contribution in [0.5, 0.6) is 0 Å². The van der Waals surface area contributed by atoms with E-state index in [4.69, 9.17) is 14.2 Å². The standard InChI is InChI=1S/C22H32N2O6/c1-21(2,3)30-20(27)24-12-10-23(11-13-24)15-8-9-17(16(14-15)18(25)28-6)22(4,5)19(26)29-7/h8-9,14H,10-13H2,1-7H3. The summed E-state index contributed by atoms with van der Waals surface area (Å²) in [7, 11) is 2.63. The van der Waals surface area contributed by atoms with E-state index < -0.39 is 23.0 Å². The van der Waals surface area contributed by atoms with Gasteiger partial charge in [0.2, 0.25) is 0 Å². The molecular weight excluding hydrogens is 388 g/mol. The molecule has 1 aromatic rings. The van der Waals surface area contributed by atoms with Crippen LogP contribution in [0, 0.1) is 0 Å². The van der Waals surface area contributed by atoms with Crippen molar-refractivity contribution in [1.82, 2.24) is 4.90 Å². The molecule has 0 N–H and O–H groups in total. The summed E-state index contributed by atoms with van der Waals surface area (Å²) in [5.41, 5.74) is 0.138. The average Bonchev–Trinajstić information content (AvgIpc) is 2.70. The van der Waals surface area contributed by atoms with E-state index in [1.807, 2.05) is 26.8 Å². The third-order valence-electron chi connectivity index (χ3n) is 5.07. The van der Waals surface area contributed by atoms with Gasteiger partial charge in [-0.3, -0.25) is 4.79 Å². The zero-order chi connectivity index (χ0) is 22.7.